The van der Waals surface area contributed by atoms with E-state index in [1.807, 2.05) is 6.07 Å². The molecule has 0 aliphatic carbocycles. The molecular weight excluding hydrogens is 240 g/mol. The first-order valence-electron chi connectivity index (χ1n) is 6.13. The van der Waals surface area contributed by atoms with E-state index in [4.69, 9.17) is 0 Å². The summed E-state index contributed by atoms with van der Waals surface area (Å²) in [6.45, 7) is 8.25. The van der Waals surface area contributed by atoms with Crippen molar-refractivity contribution in [3.63, 3.8) is 0 Å². The minimum absolute atomic E-state index is 0.227. The SMILES string of the molecule is Cc1ccc(C)c(CC(=O)c2cc(C)c(C)s2)c1. The third-order valence-corrected chi connectivity index (χ3v) is 4.49. The molecule has 1 aromatic heterocycles. The number of benzene rings is 1. The van der Waals surface area contributed by atoms with Gasteiger partial charge in [0.05, 0.1) is 4.88 Å². The lowest BCUT2D eigenvalue weighted by atomic mass is 10.0. The molecular formula is C16H18OS. The molecule has 0 saturated heterocycles. The first-order valence-corrected chi connectivity index (χ1v) is 6.95. The number of rotatable bonds is 3. The molecule has 2 heteroatoms. The number of carbonyl (C=O) groups excluding carboxylic acids is 1. The van der Waals surface area contributed by atoms with E-state index in [-0.39, 0.29) is 5.78 Å². The standard InChI is InChI=1S/C16H18OS/c1-10-5-6-11(2)14(7-10)9-15(17)16-8-12(3)13(4)18-16/h5-8H,9H2,1-4H3. The van der Waals surface area contributed by atoms with Crippen LogP contribution in [-0.4, -0.2) is 5.78 Å². The van der Waals surface area contributed by atoms with Gasteiger partial charge in [0.2, 0.25) is 0 Å². The number of carbonyl (C=O) groups is 1. The Kier molecular flexibility index (Phi) is 3.67. The van der Waals surface area contributed by atoms with Gasteiger partial charge in [-0.2, -0.15) is 0 Å². The summed E-state index contributed by atoms with van der Waals surface area (Å²) in [7, 11) is 0. The molecule has 0 N–H and O–H groups in total. The van der Waals surface area contributed by atoms with Gasteiger partial charge in [0.15, 0.2) is 5.78 Å². The van der Waals surface area contributed by atoms with Crippen LogP contribution in [0.15, 0.2) is 24.3 Å². The van der Waals surface area contributed by atoms with Crippen LogP contribution < -0.4 is 0 Å². The van der Waals surface area contributed by atoms with Crippen LogP contribution in [0.2, 0.25) is 0 Å². The maximum absolute atomic E-state index is 12.3. The summed E-state index contributed by atoms with van der Waals surface area (Å²) >= 11 is 1.60. The van der Waals surface area contributed by atoms with Crippen molar-refractivity contribution in [3.8, 4) is 0 Å². The van der Waals surface area contributed by atoms with Crippen molar-refractivity contribution in [3.05, 3.63) is 56.3 Å². The first-order chi connectivity index (χ1) is 8.47. The smallest absolute Gasteiger partial charge is 0.177 e. The molecule has 0 unspecified atom stereocenters. The van der Waals surface area contributed by atoms with E-state index in [0.717, 1.165) is 10.4 Å². The first kappa shape index (κ1) is 13.0. The third kappa shape index (κ3) is 2.70. The Bertz CT molecular complexity index is 574. The lowest BCUT2D eigenvalue weighted by Crippen LogP contribution is -2.03. The normalized spacial score (nSPS) is 10.7. The summed E-state index contributed by atoms with van der Waals surface area (Å²) in [5, 5.41) is 0. The maximum Gasteiger partial charge on any atom is 0.177 e. The average Bonchev–Trinajstić information content (AvgIpc) is 2.64. The monoisotopic (exact) mass is 258 g/mol. The number of hydrogen-bond acceptors (Lipinski definition) is 2. The van der Waals surface area contributed by atoms with Gasteiger partial charge in [-0.25, -0.2) is 0 Å². The van der Waals surface area contributed by atoms with E-state index >= 15 is 0 Å². The van der Waals surface area contributed by atoms with E-state index in [1.54, 1.807) is 11.3 Å². The van der Waals surface area contributed by atoms with Crippen LogP contribution in [0.5, 0.6) is 0 Å². The quantitative estimate of drug-likeness (QED) is 0.745. The molecule has 1 aromatic carbocycles. The Morgan fingerprint density at radius 3 is 2.39 bits per heavy atom. The number of thiophene rings is 1. The molecule has 94 valence electrons. The van der Waals surface area contributed by atoms with Crippen LogP contribution in [0.4, 0.5) is 0 Å². The van der Waals surface area contributed by atoms with E-state index in [0.29, 0.717) is 6.42 Å². The average molecular weight is 258 g/mol. The lowest BCUT2D eigenvalue weighted by Gasteiger charge is -2.05. The van der Waals surface area contributed by atoms with E-state index in [9.17, 15) is 4.79 Å². The summed E-state index contributed by atoms with van der Waals surface area (Å²) in [4.78, 5) is 14.4. The number of Topliss-reactive ketones (excluding diaryl/α,β-unsaturated/α-hetero) is 1. The highest BCUT2D eigenvalue weighted by Crippen LogP contribution is 2.23. The van der Waals surface area contributed by atoms with Crippen molar-refractivity contribution in [1.82, 2.24) is 0 Å². The highest BCUT2D eigenvalue weighted by atomic mass is 32.1. The highest BCUT2D eigenvalue weighted by Gasteiger charge is 2.12. The Balaban J connectivity index is 2.23. The minimum atomic E-state index is 0.227. The molecule has 0 bridgehead atoms. The van der Waals surface area contributed by atoms with Gasteiger partial charge in [-0.1, -0.05) is 23.8 Å². The highest BCUT2D eigenvalue weighted by molar-refractivity contribution is 7.14. The van der Waals surface area contributed by atoms with E-state index in [2.05, 4.69) is 45.9 Å². The second kappa shape index (κ2) is 5.07. The maximum atomic E-state index is 12.3. The molecule has 1 nitrogen and oxygen atoms in total. The van der Waals surface area contributed by atoms with Crippen molar-refractivity contribution in [2.75, 3.05) is 0 Å². The van der Waals surface area contributed by atoms with Gasteiger partial charge in [-0.15, -0.1) is 11.3 Å². The Labute approximate surface area is 112 Å². The second-order valence-corrected chi connectivity index (χ2v) is 6.14. The second-order valence-electron chi connectivity index (χ2n) is 4.88. The largest absolute Gasteiger partial charge is 0.293 e. The summed E-state index contributed by atoms with van der Waals surface area (Å²) < 4.78 is 0. The fourth-order valence-electron chi connectivity index (χ4n) is 1.96. The van der Waals surface area contributed by atoms with Gasteiger partial charge in [-0.3, -0.25) is 4.79 Å². The van der Waals surface area contributed by atoms with Crippen LogP contribution in [0.1, 0.15) is 36.8 Å². The predicted octanol–water partition coefficient (Wildman–Crippen LogP) is 4.41. The van der Waals surface area contributed by atoms with E-state index < -0.39 is 0 Å². The van der Waals surface area contributed by atoms with Crippen molar-refractivity contribution < 1.29 is 4.79 Å². The minimum Gasteiger partial charge on any atom is -0.293 e. The Morgan fingerprint density at radius 1 is 1.06 bits per heavy atom. The molecule has 0 spiro atoms. The zero-order chi connectivity index (χ0) is 13.3. The molecule has 0 amide bonds. The topological polar surface area (TPSA) is 17.1 Å². The van der Waals surface area contributed by atoms with Gasteiger partial charge < -0.3 is 0 Å². The lowest BCUT2D eigenvalue weighted by molar-refractivity contribution is 0.0996. The molecule has 0 saturated carbocycles. The summed E-state index contributed by atoms with van der Waals surface area (Å²) in [5.74, 6) is 0.227. The zero-order valence-corrected chi connectivity index (χ0v) is 12.1. The Morgan fingerprint density at radius 2 is 1.78 bits per heavy atom. The molecule has 0 aliphatic rings. The van der Waals surface area contributed by atoms with Crippen molar-refractivity contribution in [2.45, 2.75) is 34.1 Å². The van der Waals surface area contributed by atoms with Crippen LogP contribution in [0.25, 0.3) is 0 Å². The van der Waals surface area contributed by atoms with Gasteiger partial charge >= 0.3 is 0 Å². The molecule has 0 atom stereocenters. The van der Waals surface area contributed by atoms with Gasteiger partial charge in [0, 0.05) is 11.3 Å². The predicted molar refractivity (Wildman–Crippen MR) is 77.7 cm³/mol. The summed E-state index contributed by atoms with van der Waals surface area (Å²) in [6, 6.07) is 8.29. The van der Waals surface area contributed by atoms with Crippen LogP contribution >= 0.6 is 11.3 Å². The number of ketones is 1. The number of hydrogen-bond donors (Lipinski definition) is 0. The van der Waals surface area contributed by atoms with Crippen molar-refractivity contribution in [1.29, 1.82) is 0 Å². The molecule has 0 fully saturated rings. The molecule has 0 aliphatic heterocycles. The van der Waals surface area contributed by atoms with Gasteiger partial charge in [0.25, 0.3) is 0 Å². The third-order valence-electron chi connectivity index (χ3n) is 3.30. The summed E-state index contributed by atoms with van der Waals surface area (Å²) in [5.41, 5.74) is 4.76. The zero-order valence-electron chi connectivity index (χ0n) is 11.3. The van der Waals surface area contributed by atoms with Crippen molar-refractivity contribution >= 4 is 17.1 Å². The Hall–Kier alpha value is -1.41. The fourth-order valence-corrected chi connectivity index (χ4v) is 2.93. The van der Waals surface area contributed by atoms with Crippen LogP contribution in [0, 0.1) is 27.7 Å². The van der Waals surface area contributed by atoms with Crippen LogP contribution in [-0.2, 0) is 6.42 Å². The van der Waals surface area contributed by atoms with Crippen LogP contribution in [0.3, 0.4) is 0 Å². The molecule has 0 radical (unpaired) electrons. The van der Waals surface area contributed by atoms with Crippen molar-refractivity contribution in [2.24, 2.45) is 0 Å². The van der Waals surface area contributed by atoms with E-state index in [1.165, 1.54) is 21.6 Å². The number of aryl methyl sites for hydroxylation is 4. The fraction of sp³-hybridized carbons (Fsp3) is 0.312. The van der Waals surface area contributed by atoms with Gasteiger partial charge in [-0.05, 0) is 50.5 Å². The van der Waals surface area contributed by atoms with Gasteiger partial charge in [0.1, 0.15) is 0 Å². The summed E-state index contributed by atoms with van der Waals surface area (Å²) in [6.07, 6.45) is 0.507. The molecule has 1 heterocycles. The molecule has 18 heavy (non-hydrogen) atoms. The molecule has 2 aromatic rings. The molecule has 2 rings (SSSR count).